The van der Waals surface area contributed by atoms with Gasteiger partial charge >= 0.3 is 0 Å². The number of hydrogen-bond donors (Lipinski definition) is 2. The summed E-state index contributed by atoms with van der Waals surface area (Å²) in [6.45, 7) is 3.47. The maximum atomic E-state index is 9.36. The zero-order chi connectivity index (χ0) is 11.7. The Labute approximate surface area is 99.3 Å². The molecule has 3 N–H and O–H groups in total. The number of hydrogen-bond acceptors (Lipinski definition) is 4. The highest BCUT2D eigenvalue weighted by atomic mass is 35.5. The van der Waals surface area contributed by atoms with Crippen LogP contribution in [0.4, 0.5) is 0 Å². The van der Waals surface area contributed by atoms with E-state index in [0.29, 0.717) is 17.5 Å². The molecule has 0 amide bonds. The third-order valence-electron chi connectivity index (χ3n) is 2.79. The number of nitrogens with zero attached hydrogens (tertiary/aromatic N) is 2. The third-order valence-corrected chi connectivity index (χ3v) is 3.10. The first-order valence-corrected chi connectivity index (χ1v) is 5.56. The average Bonchev–Trinajstić information content (AvgIpc) is 2.63. The van der Waals surface area contributed by atoms with Gasteiger partial charge in [0.25, 0.3) is 0 Å². The van der Waals surface area contributed by atoms with Crippen molar-refractivity contribution in [3.8, 4) is 5.75 Å². The van der Waals surface area contributed by atoms with Crippen LogP contribution >= 0.6 is 11.6 Å². The Morgan fingerprint density at radius 1 is 1.62 bits per heavy atom. The predicted molar refractivity (Wildman–Crippen MR) is 64.7 cm³/mol. The molecular formula is C11H14ClN3O. The quantitative estimate of drug-likeness (QED) is 0.827. The standard InChI is InChI=1S/C11H14ClN3O/c1-2-15-9(6-14-11(15)13)7-3-4-10(16)8(12)5-7/h3-5,9,16H,2,6H2,1H3,(H2,13,14). The van der Waals surface area contributed by atoms with E-state index in [4.69, 9.17) is 17.3 Å². The summed E-state index contributed by atoms with van der Waals surface area (Å²) in [5, 5.41) is 9.72. The van der Waals surface area contributed by atoms with Gasteiger partial charge in [-0.2, -0.15) is 0 Å². The molecule has 1 heterocycles. The summed E-state index contributed by atoms with van der Waals surface area (Å²) in [5.41, 5.74) is 6.80. The van der Waals surface area contributed by atoms with E-state index in [9.17, 15) is 5.11 Å². The number of phenols is 1. The van der Waals surface area contributed by atoms with E-state index in [2.05, 4.69) is 4.99 Å². The van der Waals surface area contributed by atoms with Crippen LogP contribution in [0.5, 0.6) is 5.75 Å². The summed E-state index contributed by atoms with van der Waals surface area (Å²) in [5.74, 6) is 0.664. The molecule has 1 aromatic carbocycles. The van der Waals surface area contributed by atoms with Gasteiger partial charge in [0.1, 0.15) is 5.75 Å². The molecule has 0 fully saturated rings. The summed E-state index contributed by atoms with van der Waals surface area (Å²) in [6.07, 6.45) is 0. The molecule has 2 rings (SSSR count). The normalized spacial score (nSPS) is 20.0. The lowest BCUT2D eigenvalue weighted by molar-refractivity contribution is 0.364. The summed E-state index contributed by atoms with van der Waals surface area (Å²) in [7, 11) is 0. The lowest BCUT2D eigenvalue weighted by Crippen LogP contribution is -2.35. The Morgan fingerprint density at radius 2 is 2.38 bits per heavy atom. The van der Waals surface area contributed by atoms with Crippen molar-refractivity contribution in [3.63, 3.8) is 0 Å². The van der Waals surface area contributed by atoms with Gasteiger partial charge in [-0.15, -0.1) is 0 Å². The SMILES string of the molecule is CCN1C(N)=NCC1c1ccc(O)c(Cl)c1. The zero-order valence-electron chi connectivity index (χ0n) is 9.02. The topological polar surface area (TPSA) is 61.8 Å². The van der Waals surface area contributed by atoms with Gasteiger partial charge in [0.2, 0.25) is 0 Å². The van der Waals surface area contributed by atoms with Crippen molar-refractivity contribution in [1.82, 2.24) is 4.90 Å². The molecule has 0 saturated carbocycles. The molecule has 1 unspecified atom stereocenters. The molecule has 1 atom stereocenters. The van der Waals surface area contributed by atoms with E-state index in [0.717, 1.165) is 12.1 Å². The lowest BCUT2D eigenvalue weighted by Gasteiger charge is -2.25. The fourth-order valence-corrected chi connectivity index (χ4v) is 2.12. The summed E-state index contributed by atoms with van der Waals surface area (Å²) in [6, 6.07) is 5.34. The van der Waals surface area contributed by atoms with Crippen molar-refractivity contribution in [1.29, 1.82) is 0 Å². The minimum Gasteiger partial charge on any atom is -0.506 e. The third kappa shape index (κ3) is 1.80. The molecular weight excluding hydrogens is 226 g/mol. The van der Waals surface area contributed by atoms with Crippen LogP contribution in [-0.4, -0.2) is 29.1 Å². The van der Waals surface area contributed by atoms with Gasteiger partial charge in [-0.1, -0.05) is 17.7 Å². The second kappa shape index (κ2) is 4.22. The number of rotatable bonds is 2. The Morgan fingerprint density at radius 3 is 3.00 bits per heavy atom. The van der Waals surface area contributed by atoms with Crippen LogP contribution in [0, 0.1) is 0 Å². The van der Waals surface area contributed by atoms with E-state index in [1.165, 1.54) is 0 Å². The van der Waals surface area contributed by atoms with Gasteiger partial charge in [0, 0.05) is 6.54 Å². The van der Waals surface area contributed by atoms with Crippen LogP contribution < -0.4 is 5.73 Å². The van der Waals surface area contributed by atoms with Crippen molar-refractivity contribution in [2.24, 2.45) is 10.7 Å². The highest BCUT2D eigenvalue weighted by molar-refractivity contribution is 6.32. The Balaban J connectivity index is 2.28. The molecule has 0 saturated heterocycles. The van der Waals surface area contributed by atoms with Gasteiger partial charge < -0.3 is 15.7 Å². The number of phenolic OH excluding ortho intramolecular Hbond substituents is 1. The number of guanidine groups is 1. The Hall–Kier alpha value is -1.42. The summed E-state index contributed by atoms with van der Waals surface area (Å²) in [4.78, 5) is 6.23. The predicted octanol–water partition coefficient (Wildman–Crippen LogP) is 1.74. The molecule has 0 spiro atoms. The van der Waals surface area contributed by atoms with Crippen LogP contribution in [0.25, 0.3) is 0 Å². The first kappa shape index (κ1) is 11.1. The van der Waals surface area contributed by atoms with Crippen molar-refractivity contribution in [2.75, 3.05) is 13.1 Å². The highest BCUT2D eigenvalue weighted by Crippen LogP contribution is 2.31. The molecule has 16 heavy (non-hydrogen) atoms. The second-order valence-corrected chi connectivity index (χ2v) is 4.12. The Kier molecular flexibility index (Phi) is 2.92. The van der Waals surface area contributed by atoms with Crippen molar-refractivity contribution >= 4 is 17.6 Å². The van der Waals surface area contributed by atoms with Gasteiger partial charge in [0.05, 0.1) is 17.6 Å². The van der Waals surface area contributed by atoms with Crippen LogP contribution in [0.15, 0.2) is 23.2 Å². The van der Waals surface area contributed by atoms with Crippen molar-refractivity contribution in [2.45, 2.75) is 13.0 Å². The zero-order valence-corrected chi connectivity index (χ0v) is 9.78. The number of likely N-dealkylation sites (N-methyl/N-ethyl adjacent to an activating group) is 1. The van der Waals surface area contributed by atoms with E-state index < -0.39 is 0 Å². The molecule has 86 valence electrons. The van der Waals surface area contributed by atoms with E-state index >= 15 is 0 Å². The van der Waals surface area contributed by atoms with Crippen molar-refractivity contribution in [3.05, 3.63) is 28.8 Å². The number of aliphatic imine (C=N–C) groups is 1. The molecule has 0 radical (unpaired) electrons. The highest BCUT2D eigenvalue weighted by Gasteiger charge is 2.26. The first-order chi connectivity index (χ1) is 7.63. The van der Waals surface area contributed by atoms with E-state index in [-0.39, 0.29) is 11.8 Å². The maximum absolute atomic E-state index is 9.36. The smallest absolute Gasteiger partial charge is 0.191 e. The molecule has 1 aliphatic heterocycles. The summed E-state index contributed by atoms with van der Waals surface area (Å²) >= 11 is 5.88. The molecule has 0 aliphatic carbocycles. The Bertz CT molecular complexity index is 433. The molecule has 1 aromatic rings. The van der Waals surface area contributed by atoms with Crippen LogP contribution in [-0.2, 0) is 0 Å². The number of halogens is 1. The van der Waals surface area contributed by atoms with Gasteiger partial charge in [-0.05, 0) is 24.6 Å². The molecule has 4 nitrogen and oxygen atoms in total. The van der Waals surface area contributed by atoms with E-state index in [1.54, 1.807) is 12.1 Å². The molecule has 0 bridgehead atoms. The van der Waals surface area contributed by atoms with Crippen molar-refractivity contribution < 1.29 is 5.11 Å². The second-order valence-electron chi connectivity index (χ2n) is 3.71. The fraction of sp³-hybridized carbons (Fsp3) is 0.364. The lowest BCUT2D eigenvalue weighted by atomic mass is 10.1. The first-order valence-electron chi connectivity index (χ1n) is 5.18. The van der Waals surface area contributed by atoms with Gasteiger partial charge in [0.15, 0.2) is 5.96 Å². The minimum absolute atomic E-state index is 0.0975. The van der Waals surface area contributed by atoms with Gasteiger partial charge in [-0.3, -0.25) is 4.99 Å². The largest absolute Gasteiger partial charge is 0.506 e. The maximum Gasteiger partial charge on any atom is 0.191 e. The monoisotopic (exact) mass is 239 g/mol. The average molecular weight is 240 g/mol. The fourth-order valence-electron chi connectivity index (χ4n) is 1.93. The number of benzene rings is 1. The number of nitrogens with two attached hydrogens (primary N) is 1. The van der Waals surface area contributed by atoms with Crippen LogP contribution in [0.3, 0.4) is 0 Å². The molecule has 5 heteroatoms. The van der Waals surface area contributed by atoms with Crippen LogP contribution in [0.1, 0.15) is 18.5 Å². The summed E-state index contributed by atoms with van der Waals surface area (Å²) < 4.78 is 0. The minimum atomic E-state index is 0.0975. The molecule has 1 aliphatic rings. The molecule has 0 aromatic heterocycles. The van der Waals surface area contributed by atoms with Crippen LogP contribution in [0.2, 0.25) is 5.02 Å². The van der Waals surface area contributed by atoms with Gasteiger partial charge in [-0.25, -0.2) is 0 Å². The number of aromatic hydroxyl groups is 1. The van der Waals surface area contributed by atoms with E-state index in [1.807, 2.05) is 17.9 Å².